The maximum Gasteiger partial charge on any atom is 0.264 e. The monoisotopic (exact) mass is 303 g/mol. The average Bonchev–Trinajstić information content (AvgIpc) is 2.89. The first-order chi connectivity index (χ1) is 8.95. The molecule has 1 aliphatic heterocycles. The van der Waals surface area contributed by atoms with Gasteiger partial charge in [-0.1, -0.05) is 0 Å². The second kappa shape index (κ2) is 5.58. The SMILES string of the molecule is CNS(=O)(=O)c1csc(C(=O)N2CCNC[C@H]2C)c1. The van der Waals surface area contributed by atoms with Gasteiger partial charge in [0.25, 0.3) is 5.91 Å². The third-order valence-corrected chi connectivity index (χ3v) is 5.59. The molecule has 1 amide bonds. The van der Waals surface area contributed by atoms with Crippen molar-refractivity contribution in [2.24, 2.45) is 0 Å². The number of sulfonamides is 1. The highest BCUT2D eigenvalue weighted by Gasteiger charge is 2.26. The van der Waals surface area contributed by atoms with E-state index in [2.05, 4.69) is 10.0 Å². The Hall–Kier alpha value is -0.960. The fourth-order valence-corrected chi connectivity index (χ4v) is 3.93. The summed E-state index contributed by atoms with van der Waals surface area (Å²) < 4.78 is 25.5. The zero-order valence-corrected chi connectivity index (χ0v) is 12.5. The predicted molar refractivity (Wildman–Crippen MR) is 73.9 cm³/mol. The van der Waals surface area contributed by atoms with E-state index in [0.29, 0.717) is 11.4 Å². The van der Waals surface area contributed by atoms with Crippen molar-refractivity contribution in [2.45, 2.75) is 17.9 Å². The third-order valence-electron chi connectivity index (χ3n) is 3.13. The number of nitrogens with one attached hydrogen (secondary N) is 2. The molecular formula is C11H17N3O3S2. The number of rotatable bonds is 3. The lowest BCUT2D eigenvalue weighted by Crippen LogP contribution is -2.52. The van der Waals surface area contributed by atoms with E-state index in [-0.39, 0.29) is 16.8 Å². The minimum Gasteiger partial charge on any atom is -0.333 e. The van der Waals surface area contributed by atoms with Gasteiger partial charge in [0.2, 0.25) is 10.0 Å². The molecule has 0 bridgehead atoms. The fourth-order valence-electron chi connectivity index (χ4n) is 1.97. The third kappa shape index (κ3) is 2.97. The zero-order valence-electron chi connectivity index (χ0n) is 10.8. The van der Waals surface area contributed by atoms with Crippen LogP contribution in [0.3, 0.4) is 0 Å². The first-order valence-electron chi connectivity index (χ1n) is 5.99. The first-order valence-corrected chi connectivity index (χ1v) is 8.36. The normalized spacial score (nSPS) is 20.5. The maximum absolute atomic E-state index is 12.3. The molecule has 2 rings (SSSR count). The van der Waals surface area contributed by atoms with Crippen LogP contribution in [-0.4, -0.2) is 51.9 Å². The van der Waals surface area contributed by atoms with Gasteiger partial charge in [-0.2, -0.15) is 0 Å². The van der Waals surface area contributed by atoms with Gasteiger partial charge in [0, 0.05) is 31.1 Å². The largest absolute Gasteiger partial charge is 0.333 e. The fraction of sp³-hybridized carbons (Fsp3) is 0.545. The molecule has 0 aromatic carbocycles. The van der Waals surface area contributed by atoms with Crippen LogP contribution in [0.25, 0.3) is 0 Å². The summed E-state index contributed by atoms with van der Waals surface area (Å²) in [6, 6.07) is 1.56. The van der Waals surface area contributed by atoms with Crippen LogP contribution in [0.4, 0.5) is 0 Å². The Labute approximate surface area is 116 Å². The van der Waals surface area contributed by atoms with Gasteiger partial charge in [0.15, 0.2) is 0 Å². The van der Waals surface area contributed by atoms with E-state index in [1.807, 2.05) is 6.92 Å². The molecule has 0 radical (unpaired) electrons. The molecule has 8 heteroatoms. The molecule has 0 aliphatic carbocycles. The van der Waals surface area contributed by atoms with E-state index in [0.717, 1.165) is 24.4 Å². The van der Waals surface area contributed by atoms with Crippen LogP contribution >= 0.6 is 11.3 Å². The molecule has 1 fully saturated rings. The maximum atomic E-state index is 12.3. The van der Waals surface area contributed by atoms with Crippen molar-refractivity contribution in [1.29, 1.82) is 0 Å². The van der Waals surface area contributed by atoms with Gasteiger partial charge in [0.05, 0.1) is 9.77 Å². The van der Waals surface area contributed by atoms with Crippen LogP contribution < -0.4 is 10.0 Å². The molecule has 1 aromatic heterocycles. The van der Waals surface area contributed by atoms with Gasteiger partial charge in [-0.05, 0) is 20.0 Å². The molecular weight excluding hydrogens is 286 g/mol. The number of carbonyl (C=O) groups is 1. The zero-order chi connectivity index (χ0) is 14.0. The number of thiophene rings is 1. The van der Waals surface area contributed by atoms with E-state index in [1.54, 1.807) is 4.90 Å². The summed E-state index contributed by atoms with van der Waals surface area (Å²) >= 11 is 1.16. The van der Waals surface area contributed by atoms with Crippen molar-refractivity contribution in [3.8, 4) is 0 Å². The molecule has 0 saturated carbocycles. The molecule has 1 aromatic rings. The van der Waals surface area contributed by atoms with Crippen molar-refractivity contribution >= 4 is 27.3 Å². The van der Waals surface area contributed by atoms with Crippen LogP contribution in [-0.2, 0) is 10.0 Å². The summed E-state index contributed by atoms with van der Waals surface area (Å²) in [7, 11) is -2.12. The molecule has 106 valence electrons. The first kappa shape index (κ1) is 14.4. The Morgan fingerprint density at radius 2 is 2.32 bits per heavy atom. The second-order valence-corrected chi connectivity index (χ2v) is 7.20. The van der Waals surface area contributed by atoms with Crippen LogP contribution in [0, 0.1) is 0 Å². The summed E-state index contributed by atoms with van der Waals surface area (Å²) in [5.41, 5.74) is 0. The standard InChI is InChI=1S/C11H17N3O3S2/c1-8-6-13-3-4-14(8)11(15)10-5-9(7-18-10)19(16,17)12-2/h5,7-8,12-13H,3-4,6H2,1-2H3/t8-/m1/s1. The van der Waals surface area contributed by atoms with Crippen LogP contribution in [0.2, 0.25) is 0 Å². The van der Waals surface area contributed by atoms with Gasteiger partial charge in [-0.3, -0.25) is 4.79 Å². The average molecular weight is 303 g/mol. The quantitative estimate of drug-likeness (QED) is 0.829. The Morgan fingerprint density at radius 3 is 2.95 bits per heavy atom. The lowest BCUT2D eigenvalue weighted by Gasteiger charge is -2.33. The van der Waals surface area contributed by atoms with Gasteiger partial charge < -0.3 is 10.2 Å². The van der Waals surface area contributed by atoms with Crippen LogP contribution in [0.15, 0.2) is 16.3 Å². The topological polar surface area (TPSA) is 78.5 Å². The molecule has 0 spiro atoms. The smallest absolute Gasteiger partial charge is 0.264 e. The van der Waals surface area contributed by atoms with Crippen molar-refractivity contribution in [2.75, 3.05) is 26.7 Å². The molecule has 1 aliphatic rings. The molecule has 19 heavy (non-hydrogen) atoms. The lowest BCUT2D eigenvalue weighted by molar-refractivity contribution is 0.0660. The van der Waals surface area contributed by atoms with E-state index >= 15 is 0 Å². The van der Waals surface area contributed by atoms with Gasteiger partial charge >= 0.3 is 0 Å². The summed E-state index contributed by atoms with van der Waals surface area (Å²) in [5.74, 6) is -0.100. The highest BCUT2D eigenvalue weighted by atomic mass is 32.2. The molecule has 1 saturated heterocycles. The molecule has 6 nitrogen and oxygen atoms in total. The summed E-state index contributed by atoms with van der Waals surface area (Å²) in [6.45, 7) is 4.15. The molecule has 0 unspecified atom stereocenters. The Bertz CT molecular complexity index is 567. The molecule has 2 heterocycles. The Morgan fingerprint density at radius 1 is 1.58 bits per heavy atom. The number of carbonyl (C=O) groups excluding carboxylic acids is 1. The minimum absolute atomic E-state index is 0.100. The van der Waals surface area contributed by atoms with Crippen molar-refractivity contribution in [3.05, 3.63) is 16.3 Å². The number of amides is 1. The number of hydrogen-bond donors (Lipinski definition) is 2. The summed E-state index contributed by atoms with van der Waals surface area (Å²) in [5, 5.41) is 4.71. The van der Waals surface area contributed by atoms with Gasteiger partial charge in [0.1, 0.15) is 0 Å². The van der Waals surface area contributed by atoms with E-state index in [1.165, 1.54) is 18.5 Å². The Kier molecular flexibility index (Phi) is 4.24. The molecule has 2 N–H and O–H groups in total. The van der Waals surface area contributed by atoms with Gasteiger partial charge in [-0.25, -0.2) is 13.1 Å². The number of hydrogen-bond acceptors (Lipinski definition) is 5. The second-order valence-electron chi connectivity index (χ2n) is 4.41. The Balaban J connectivity index is 2.21. The predicted octanol–water partition coefficient (Wildman–Crippen LogP) is 0.0901. The highest BCUT2D eigenvalue weighted by Crippen LogP contribution is 2.21. The number of piperazine rings is 1. The van der Waals surface area contributed by atoms with E-state index < -0.39 is 10.0 Å². The van der Waals surface area contributed by atoms with E-state index in [9.17, 15) is 13.2 Å². The number of nitrogens with zero attached hydrogens (tertiary/aromatic N) is 1. The summed E-state index contributed by atoms with van der Waals surface area (Å²) in [6.07, 6.45) is 0. The minimum atomic E-state index is -3.48. The van der Waals surface area contributed by atoms with Crippen LogP contribution in [0.1, 0.15) is 16.6 Å². The van der Waals surface area contributed by atoms with Crippen molar-refractivity contribution in [1.82, 2.24) is 14.9 Å². The molecule has 1 atom stereocenters. The van der Waals surface area contributed by atoms with Crippen molar-refractivity contribution < 1.29 is 13.2 Å². The van der Waals surface area contributed by atoms with Crippen LogP contribution in [0.5, 0.6) is 0 Å². The van der Waals surface area contributed by atoms with Crippen molar-refractivity contribution in [3.63, 3.8) is 0 Å². The van der Waals surface area contributed by atoms with Gasteiger partial charge in [-0.15, -0.1) is 11.3 Å². The summed E-state index contributed by atoms with van der Waals surface area (Å²) in [4.78, 5) is 14.7. The highest BCUT2D eigenvalue weighted by molar-refractivity contribution is 7.89. The lowest BCUT2D eigenvalue weighted by atomic mass is 10.2. The van der Waals surface area contributed by atoms with E-state index in [4.69, 9.17) is 0 Å².